The van der Waals surface area contributed by atoms with Gasteiger partial charge in [-0.05, 0) is 215 Å². The Bertz CT molecular complexity index is 7890. The molecule has 20 aromatic rings. The topological polar surface area (TPSA) is 21.3 Å². The fraction of sp³-hybridized carbons (Fsp3) is 0.0467. The molecule has 6 heterocycles. The Morgan fingerprint density at radius 2 is 0.619 bits per heavy atom. The smallest absolute Gasteiger partial charge is 0.252 e. The fourth-order valence-electron chi connectivity index (χ4n) is 18.1. The highest BCUT2D eigenvalue weighted by molar-refractivity contribution is 7.00. The van der Waals surface area contributed by atoms with Gasteiger partial charge in [0.15, 0.2) is 0 Å². The molecule has 3 aliphatic heterocycles. The van der Waals surface area contributed by atoms with Gasteiger partial charge in [0.25, 0.3) is 6.71 Å². The summed E-state index contributed by atoms with van der Waals surface area (Å²) in [5.74, 6) is 0. The van der Waals surface area contributed by atoms with Crippen molar-refractivity contribution in [3.05, 3.63) is 381 Å². The molecule has 13 bridgehead atoms. The minimum absolute atomic E-state index is 0.0886. The van der Waals surface area contributed by atoms with Crippen LogP contribution in [-0.2, 0) is 12.4 Å². The maximum Gasteiger partial charge on any atom is 0.252 e. The van der Waals surface area contributed by atoms with Gasteiger partial charge in [0.05, 0.1) is 55.4 Å². The van der Waals surface area contributed by atoms with E-state index >= 15 is 0 Å². The number of hydrogen-bond acceptors (Lipinski definition) is 2. The van der Waals surface area contributed by atoms with E-state index < -0.39 is 116 Å². The van der Waals surface area contributed by atoms with Crippen molar-refractivity contribution >= 4 is 123 Å². The van der Waals surface area contributed by atoms with Crippen molar-refractivity contribution in [1.29, 1.82) is 0 Å². The number of fused-ring (bicyclic) bond motifs is 26. The van der Waals surface area contributed by atoms with Crippen molar-refractivity contribution < 1.29 is 26.0 Å². The Kier molecular flexibility index (Phi) is 10.7. The van der Waals surface area contributed by atoms with Gasteiger partial charge >= 0.3 is 0 Å². The molecule has 0 saturated heterocycles. The fourth-order valence-corrected chi connectivity index (χ4v) is 18.1. The molecule has 0 radical (unpaired) electrons. The molecule has 6 heteroatoms. The minimum Gasteiger partial charge on any atom is -0.344 e. The van der Waals surface area contributed by atoms with Crippen LogP contribution in [0.2, 0.25) is 0 Å². The molecule has 0 spiro atoms. The molecule has 0 N–H and O–H groups in total. The van der Waals surface area contributed by atoms with Crippen LogP contribution in [0, 0.1) is 0 Å². The van der Waals surface area contributed by atoms with E-state index in [1.807, 2.05) is 146 Å². The summed E-state index contributed by atoms with van der Waals surface area (Å²) in [5.41, 5.74) is 20.1. The van der Waals surface area contributed by atoms with E-state index in [1.165, 1.54) is 4.57 Å². The first-order valence-electron chi connectivity index (χ1n) is 47.4. The van der Waals surface area contributed by atoms with Crippen LogP contribution in [-0.4, -0.2) is 20.4 Å². The van der Waals surface area contributed by atoms with Gasteiger partial charge in [0, 0.05) is 111 Å². The molecule has 0 amide bonds. The summed E-state index contributed by atoms with van der Waals surface area (Å²) in [6, 6.07) is 85.6. The highest BCUT2D eigenvalue weighted by Crippen LogP contribution is 2.57. The van der Waals surface area contributed by atoms with E-state index in [0.29, 0.717) is 66.9 Å². The van der Waals surface area contributed by atoms with Gasteiger partial charge in [0.2, 0.25) is 0 Å². The number of aryl methyl sites for hydroxylation is 1. The van der Waals surface area contributed by atoms with Gasteiger partial charge in [-0.1, -0.05) is 275 Å². The maximum absolute atomic E-state index is 10.0. The molecular weight excluding hydrogens is 1370 g/mol. The molecule has 23 rings (SSSR count). The van der Waals surface area contributed by atoms with Gasteiger partial charge in [-0.2, -0.15) is 0 Å². The predicted octanol–water partition coefficient (Wildman–Crippen LogP) is 26.6. The lowest BCUT2D eigenvalue weighted by Gasteiger charge is -2.46. The average Bonchev–Trinajstić information content (AvgIpc) is 1.06. The number of nitrogens with zero attached hydrogens (tertiary/aromatic N) is 5. The van der Waals surface area contributed by atoms with E-state index in [9.17, 15) is 26.0 Å². The van der Waals surface area contributed by atoms with Crippen LogP contribution in [0.5, 0.6) is 0 Å². The molecule has 0 atom stereocenters. The van der Waals surface area contributed by atoms with Crippen LogP contribution in [0.3, 0.4) is 0 Å². The normalized spacial score (nSPS) is 15.2. The molecule has 113 heavy (non-hydrogen) atoms. The first-order chi connectivity index (χ1) is 63.4. The number of para-hydroxylation sites is 4. The number of anilines is 6. The Balaban J connectivity index is 0.959. The average molecular weight is 1460 g/mol. The van der Waals surface area contributed by atoms with Gasteiger partial charge in [-0.25, -0.2) is 0 Å². The molecule has 17 aromatic carbocycles. The number of aromatic nitrogens is 3. The number of benzene rings is 17. The number of rotatable bonds is 6. The molecular formula is C107H74BN5. The lowest BCUT2D eigenvalue weighted by molar-refractivity contribution is 0.590. The van der Waals surface area contributed by atoms with Gasteiger partial charge < -0.3 is 23.5 Å². The zero-order chi connectivity index (χ0) is 91.3. The SMILES string of the molecule is [2H]c1c([2H])c([2H])c2c(c1[2H])c1c([2H])c([2H])c([2H])c([2H])c1n2-c1ccc2c(c1)N1c3cc(C(C)(C)C)cc4c3B2c2ccc(-n3c5c([2H])c([2H])c([2H])c([2H])c5c5c([2H])c([2H])c([2H])c([2H])c53)cc2N4c2c(-c3ccccc3)cc(-c3ccccc3)cc2-c2cccc(c2)-c2ccc3c(c2)c2cc(ccc2n3C([2H])([2H])[2H])-c2cccc(c2)-c2cc(-c3ccccc3)cc(-c3ccccc3)c21. The predicted molar refractivity (Wildman–Crippen MR) is 479 cm³/mol. The molecule has 3 aromatic heterocycles. The second-order valence-corrected chi connectivity index (χ2v) is 30.6. The minimum atomic E-state index is -2.62. The van der Waals surface area contributed by atoms with E-state index in [2.05, 4.69) is 164 Å². The van der Waals surface area contributed by atoms with Crippen molar-refractivity contribution in [3.8, 4) is 100 Å². The summed E-state index contributed by atoms with van der Waals surface area (Å²) < 4.78 is 186. The zero-order valence-corrected chi connectivity index (χ0v) is 61.4. The second-order valence-electron chi connectivity index (χ2n) is 30.6. The van der Waals surface area contributed by atoms with Gasteiger partial charge in [-0.15, -0.1) is 0 Å². The zero-order valence-electron chi connectivity index (χ0n) is 80.4. The van der Waals surface area contributed by atoms with E-state index in [0.717, 1.165) is 100 Å². The summed E-state index contributed by atoms with van der Waals surface area (Å²) in [6.07, 6.45) is 0. The van der Waals surface area contributed by atoms with E-state index in [1.54, 1.807) is 9.13 Å². The van der Waals surface area contributed by atoms with Gasteiger partial charge in [-0.3, -0.25) is 0 Å². The third-order valence-corrected chi connectivity index (χ3v) is 23.3. The summed E-state index contributed by atoms with van der Waals surface area (Å²) in [5, 5.41) is 0.984. The van der Waals surface area contributed by atoms with E-state index in [-0.39, 0.29) is 55.0 Å². The molecule has 5 nitrogen and oxygen atoms in total. The third-order valence-electron chi connectivity index (χ3n) is 23.3. The highest BCUT2D eigenvalue weighted by atomic mass is 15.2. The highest BCUT2D eigenvalue weighted by Gasteiger charge is 2.47. The third kappa shape index (κ3) is 9.99. The lowest BCUT2D eigenvalue weighted by atomic mass is 9.33. The maximum atomic E-state index is 10.0. The Morgan fingerprint density at radius 1 is 0.274 bits per heavy atom. The van der Waals surface area contributed by atoms with Crippen LogP contribution in [0.15, 0.2) is 376 Å². The summed E-state index contributed by atoms with van der Waals surface area (Å²) >= 11 is 0. The van der Waals surface area contributed by atoms with E-state index in [4.69, 9.17) is 0 Å². The van der Waals surface area contributed by atoms with Gasteiger partial charge in [0.1, 0.15) is 0 Å². The standard InChI is InChI=1S/C107H74BN5/c1-107(2,3)79-63-102-104-103(64-79)113-101-66-81(111-98-45-23-19-41-84(98)85-42-20-24-46-99(85)111)50-52-93(101)108(104)92-51-49-80(110-96-43-21-17-39-82(96)83-40-18-22-44-97(83)110)65-100(92)112(102)105-86(69-31-13-7-14-32-69)59-77(67-27-9-5-10-28-67)61-88(105)75-37-25-35-71(55-75)73-47-53-94-90(57-73)91-58-74(48-54-95(91)109(94)4)72-36-26-38-76(56-72)89-62-78(68-29-11-6-12-30-68)60-87(106(89)113)70-33-15-8-16-34-70/h5-66H,1-4H3/i4D3,17D,18D,19D,20D,21D,22D,23D,24D,39D,40D,41D,42D,43D,44D,45D,46D. The Morgan fingerprint density at radius 3 is 1.00 bits per heavy atom. The molecule has 3 aliphatic rings. The molecule has 530 valence electrons. The molecule has 0 saturated carbocycles. The molecule has 0 aliphatic carbocycles. The summed E-state index contributed by atoms with van der Waals surface area (Å²) in [4.78, 5) is 4.63. The quantitative estimate of drug-likeness (QED) is 0.155. The van der Waals surface area contributed by atoms with Crippen molar-refractivity contribution in [2.75, 3.05) is 9.80 Å². The van der Waals surface area contributed by atoms with Crippen LogP contribution in [0.4, 0.5) is 34.1 Å². The lowest BCUT2D eigenvalue weighted by Crippen LogP contribution is -2.61. The monoisotopic (exact) mass is 1460 g/mol. The van der Waals surface area contributed by atoms with Crippen LogP contribution >= 0.6 is 0 Å². The molecule has 0 fully saturated rings. The van der Waals surface area contributed by atoms with Crippen LogP contribution in [0.1, 0.15) is 52.4 Å². The van der Waals surface area contributed by atoms with Crippen molar-refractivity contribution in [3.63, 3.8) is 0 Å². The first kappa shape index (κ1) is 48.4. The van der Waals surface area contributed by atoms with Crippen molar-refractivity contribution in [1.82, 2.24) is 13.7 Å². The van der Waals surface area contributed by atoms with Crippen molar-refractivity contribution in [2.24, 2.45) is 6.98 Å². The second kappa shape index (κ2) is 24.9. The summed E-state index contributed by atoms with van der Waals surface area (Å²) in [7, 11) is 0. The summed E-state index contributed by atoms with van der Waals surface area (Å²) in [6.45, 7) is 3.02. The van der Waals surface area contributed by atoms with Crippen LogP contribution in [0.25, 0.3) is 166 Å². The van der Waals surface area contributed by atoms with Crippen LogP contribution < -0.4 is 26.2 Å². The first-order valence-corrected chi connectivity index (χ1v) is 37.9. The molecule has 0 unspecified atom stereocenters. The largest absolute Gasteiger partial charge is 0.344 e. The number of hydrogen-bond donors (Lipinski definition) is 0. The Labute approximate surface area is 683 Å². The van der Waals surface area contributed by atoms with Crippen molar-refractivity contribution in [2.45, 2.75) is 26.2 Å². The Hall–Kier alpha value is -14.2.